The SMILES string of the molecule is Cc1nn(C)c(Sc2n[nH]c(=O)n2C2CC2)c1CO. The van der Waals surface area contributed by atoms with Crippen molar-refractivity contribution in [2.75, 3.05) is 0 Å². The lowest BCUT2D eigenvalue weighted by molar-refractivity contribution is 0.277. The fourth-order valence-electron chi connectivity index (χ4n) is 2.09. The molecule has 2 N–H and O–H groups in total. The maximum Gasteiger partial charge on any atom is 0.344 e. The first-order valence-corrected chi connectivity index (χ1v) is 6.91. The van der Waals surface area contributed by atoms with E-state index in [1.807, 2.05) is 14.0 Å². The molecule has 2 aromatic rings. The minimum atomic E-state index is -0.172. The Labute approximate surface area is 113 Å². The van der Waals surface area contributed by atoms with Crippen LogP contribution in [0.5, 0.6) is 0 Å². The van der Waals surface area contributed by atoms with Gasteiger partial charge in [-0.1, -0.05) is 0 Å². The van der Waals surface area contributed by atoms with Crippen LogP contribution in [0.2, 0.25) is 0 Å². The predicted octanol–water partition coefficient (Wildman–Crippen LogP) is 0.592. The smallest absolute Gasteiger partial charge is 0.344 e. The Bertz CT molecular complexity index is 667. The van der Waals surface area contributed by atoms with Gasteiger partial charge in [-0.05, 0) is 31.5 Å². The Hall–Kier alpha value is -1.54. The molecule has 102 valence electrons. The lowest BCUT2D eigenvalue weighted by Crippen LogP contribution is -2.16. The number of aromatic amines is 1. The Kier molecular flexibility index (Phi) is 2.98. The van der Waals surface area contributed by atoms with Gasteiger partial charge in [0.15, 0.2) is 5.16 Å². The molecule has 1 saturated carbocycles. The highest BCUT2D eigenvalue weighted by Gasteiger charge is 2.29. The van der Waals surface area contributed by atoms with E-state index < -0.39 is 0 Å². The number of aliphatic hydroxyl groups is 1. The van der Waals surface area contributed by atoms with Gasteiger partial charge in [-0.25, -0.2) is 9.89 Å². The number of aliphatic hydroxyl groups excluding tert-OH is 1. The Morgan fingerprint density at radius 2 is 2.26 bits per heavy atom. The normalized spacial score (nSPS) is 15.1. The van der Waals surface area contributed by atoms with Gasteiger partial charge in [0.2, 0.25) is 0 Å². The molecule has 0 amide bonds. The van der Waals surface area contributed by atoms with Crippen molar-refractivity contribution in [3.05, 3.63) is 21.7 Å². The number of nitrogens with one attached hydrogen (secondary N) is 1. The minimum absolute atomic E-state index is 0.0694. The van der Waals surface area contributed by atoms with Crippen LogP contribution in [0, 0.1) is 6.92 Å². The molecular formula is C11H15N5O2S. The molecule has 1 fully saturated rings. The molecule has 0 spiro atoms. The Morgan fingerprint density at radius 3 is 2.89 bits per heavy atom. The molecule has 3 rings (SSSR count). The molecule has 8 heteroatoms. The molecule has 0 aliphatic heterocycles. The number of nitrogens with zero attached hydrogens (tertiary/aromatic N) is 4. The summed E-state index contributed by atoms with van der Waals surface area (Å²) in [7, 11) is 1.82. The second-order valence-electron chi connectivity index (χ2n) is 4.67. The highest BCUT2D eigenvalue weighted by molar-refractivity contribution is 7.99. The first-order valence-electron chi connectivity index (χ1n) is 6.10. The number of aromatic nitrogens is 5. The van der Waals surface area contributed by atoms with Crippen LogP contribution in [0.25, 0.3) is 0 Å². The molecule has 7 nitrogen and oxygen atoms in total. The molecule has 19 heavy (non-hydrogen) atoms. The largest absolute Gasteiger partial charge is 0.392 e. The van der Waals surface area contributed by atoms with Crippen molar-refractivity contribution in [1.82, 2.24) is 24.5 Å². The summed E-state index contributed by atoms with van der Waals surface area (Å²) in [6.45, 7) is 1.79. The fourth-order valence-corrected chi connectivity index (χ4v) is 3.20. The molecule has 0 bridgehead atoms. The summed E-state index contributed by atoms with van der Waals surface area (Å²) >= 11 is 1.36. The van der Waals surface area contributed by atoms with Crippen molar-refractivity contribution in [1.29, 1.82) is 0 Å². The predicted molar refractivity (Wildman–Crippen MR) is 69.1 cm³/mol. The van der Waals surface area contributed by atoms with Crippen LogP contribution in [-0.4, -0.2) is 29.7 Å². The van der Waals surface area contributed by atoms with Gasteiger partial charge in [0.05, 0.1) is 12.3 Å². The van der Waals surface area contributed by atoms with Crippen molar-refractivity contribution < 1.29 is 5.11 Å². The zero-order valence-electron chi connectivity index (χ0n) is 10.8. The van der Waals surface area contributed by atoms with E-state index in [-0.39, 0.29) is 18.3 Å². The van der Waals surface area contributed by atoms with Crippen LogP contribution < -0.4 is 5.69 Å². The molecule has 0 radical (unpaired) electrons. The highest BCUT2D eigenvalue weighted by Crippen LogP contribution is 2.38. The average molecular weight is 281 g/mol. The van der Waals surface area contributed by atoms with E-state index in [2.05, 4.69) is 15.3 Å². The van der Waals surface area contributed by atoms with Gasteiger partial charge in [0.25, 0.3) is 0 Å². The van der Waals surface area contributed by atoms with E-state index in [4.69, 9.17) is 0 Å². The number of rotatable bonds is 4. The van der Waals surface area contributed by atoms with Gasteiger partial charge < -0.3 is 5.11 Å². The van der Waals surface area contributed by atoms with Crippen molar-refractivity contribution >= 4 is 11.8 Å². The summed E-state index contributed by atoms with van der Waals surface area (Å²) in [6.07, 6.45) is 2.04. The summed E-state index contributed by atoms with van der Waals surface area (Å²) in [5.41, 5.74) is 1.41. The van der Waals surface area contributed by atoms with Gasteiger partial charge >= 0.3 is 5.69 Å². The zero-order valence-corrected chi connectivity index (χ0v) is 11.6. The van der Waals surface area contributed by atoms with E-state index in [9.17, 15) is 9.90 Å². The first kappa shape index (κ1) is 12.5. The molecule has 2 aromatic heterocycles. The van der Waals surface area contributed by atoms with Crippen LogP contribution in [0.1, 0.15) is 30.1 Å². The van der Waals surface area contributed by atoms with Gasteiger partial charge in [-0.2, -0.15) is 5.10 Å². The van der Waals surface area contributed by atoms with Crippen LogP contribution >= 0.6 is 11.8 Å². The number of aryl methyl sites for hydroxylation is 2. The highest BCUT2D eigenvalue weighted by atomic mass is 32.2. The van der Waals surface area contributed by atoms with E-state index in [0.717, 1.165) is 29.1 Å². The van der Waals surface area contributed by atoms with Crippen molar-refractivity contribution in [3.63, 3.8) is 0 Å². The second-order valence-corrected chi connectivity index (χ2v) is 5.62. The average Bonchev–Trinajstić information content (AvgIpc) is 3.08. The lowest BCUT2D eigenvalue weighted by atomic mass is 10.3. The van der Waals surface area contributed by atoms with Crippen molar-refractivity contribution in [2.24, 2.45) is 7.05 Å². The molecule has 0 aromatic carbocycles. The summed E-state index contributed by atoms with van der Waals surface area (Å²) in [6, 6.07) is 0.264. The maximum absolute atomic E-state index is 11.7. The summed E-state index contributed by atoms with van der Waals surface area (Å²) in [5.74, 6) is 0. The maximum atomic E-state index is 11.7. The summed E-state index contributed by atoms with van der Waals surface area (Å²) < 4.78 is 3.40. The molecule has 1 aliphatic carbocycles. The number of hydrogen-bond acceptors (Lipinski definition) is 5. The van der Waals surface area contributed by atoms with E-state index in [1.54, 1.807) is 9.25 Å². The number of H-pyrrole nitrogens is 1. The minimum Gasteiger partial charge on any atom is -0.392 e. The van der Waals surface area contributed by atoms with Crippen LogP contribution in [0.3, 0.4) is 0 Å². The van der Waals surface area contributed by atoms with E-state index >= 15 is 0 Å². The van der Waals surface area contributed by atoms with Gasteiger partial charge in [-0.3, -0.25) is 9.25 Å². The Balaban J connectivity index is 2.00. The fraction of sp³-hybridized carbons (Fsp3) is 0.545. The first-order chi connectivity index (χ1) is 9.11. The lowest BCUT2D eigenvalue weighted by Gasteiger charge is -2.05. The zero-order chi connectivity index (χ0) is 13.6. The van der Waals surface area contributed by atoms with Gasteiger partial charge in [0, 0.05) is 18.7 Å². The summed E-state index contributed by atoms with van der Waals surface area (Å²) in [5, 5.41) is 21.7. The molecule has 0 unspecified atom stereocenters. The topological polar surface area (TPSA) is 88.7 Å². The van der Waals surface area contributed by atoms with Gasteiger partial charge in [0.1, 0.15) is 5.03 Å². The standard InChI is InChI=1S/C11H15N5O2S/c1-6-8(5-17)9(15(2)14-6)19-11-13-12-10(18)16(11)7-3-4-7/h7,17H,3-5H2,1-2H3,(H,12,18). The van der Waals surface area contributed by atoms with Gasteiger partial charge in [-0.15, -0.1) is 5.10 Å². The molecule has 0 saturated heterocycles. The third-order valence-corrected chi connectivity index (χ3v) is 4.39. The third kappa shape index (κ3) is 2.10. The summed E-state index contributed by atoms with van der Waals surface area (Å²) in [4.78, 5) is 11.7. The Morgan fingerprint density at radius 1 is 1.53 bits per heavy atom. The van der Waals surface area contributed by atoms with Crippen LogP contribution in [0.4, 0.5) is 0 Å². The van der Waals surface area contributed by atoms with E-state index in [0.29, 0.717) is 5.16 Å². The van der Waals surface area contributed by atoms with Crippen LogP contribution in [-0.2, 0) is 13.7 Å². The van der Waals surface area contributed by atoms with Crippen LogP contribution in [0.15, 0.2) is 15.0 Å². The van der Waals surface area contributed by atoms with Crippen molar-refractivity contribution in [3.8, 4) is 0 Å². The second kappa shape index (κ2) is 4.53. The van der Waals surface area contributed by atoms with Crippen molar-refractivity contribution in [2.45, 2.75) is 42.6 Å². The monoisotopic (exact) mass is 281 g/mol. The molecule has 1 aliphatic rings. The molecule has 2 heterocycles. The molecule has 0 atom stereocenters. The van der Waals surface area contributed by atoms with E-state index in [1.165, 1.54) is 11.8 Å². The number of hydrogen-bond donors (Lipinski definition) is 2. The molecular weight excluding hydrogens is 266 g/mol. The third-order valence-electron chi connectivity index (χ3n) is 3.22. The quantitative estimate of drug-likeness (QED) is 0.856.